The van der Waals surface area contributed by atoms with Crippen LogP contribution in [0.25, 0.3) is 0 Å². The Hall–Kier alpha value is -3.65. The van der Waals surface area contributed by atoms with E-state index in [4.69, 9.17) is 4.98 Å². The maximum atomic E-state index is 12.5. The number of piperazine rings is 1. The Kier molecular flexibility index (Phi) is 5.83. The van der Waals surface area contributed by atoms with Crippen LogP contribution in [0.5, 0.6) is 0 Å². The summed E-state index contributed by atoms with van der Waals surface area (Å²) in [6, 6.07) is 18.3. The largest absolute Gasteiger partial charge is 0.369 e. The summed E-state index contributed by atoms with van der Waals surface area (Å²) in [4.78, 5) is 28.5. The van der Waals surface area contributed by atoms with E-state index in [0.717, 1.165) is 48.9 Å². The van der Waals surface area contributed by atoms with Crippen LogP contribution in [0.15, 0.2) is 60.8 Å². The van der Waals surface area contributed by atoms with E-state index in [2.05, 4.69) is 55.6 Å². The van der Waals surface area contributed by atoms with Crippen LogP contribution < -0.4 is 20.4 Å². The molecule has 0 spiro atoms. The number of likely N-dealkylation sites (N-methyl/N-ethyl adjacent to an activating group) is 2. The van der Waals surface area contributed by atoms with Crippen LogP contribution in [-0.2, 0) is 4.79 Å². The van der Waals surface area contributed by atoms with Crippen LogP contribution in [0.1, 0.15) is 11.5 Å². The first-order valence-corrected chi connectivity index (χ1v) is 11.3. The van der Waals surface area contributed by atoms with Gasteiger partial charge in [0.2, 0.25) is 11.9 Å². The molecule has 3 aromatic rings. The molecule has 1 aromatic heterocycles. The van der Waals surface area contributed by atoms with Gasteiger partial charge in [0.05, 0.1) is 5.92 Å². The maximum Gasteiger partial charge on any atom is 0.229 e. The van der Waals surface area contributed by atoms with E-state index >= 15 is 0 Å². The zero-order valence-corrected chi connectivity index (χ0v) is 19.0. The molecule has 0 aliphatic carbocycles. The lowest BCUT2D eigenvalue weighted by atomic mass is 10.0. The van der Waals surface area contributed by atoms with Crippen LogP contribution in [0.3, 0.4) is 0 Å². The molecule has 1 amide bonds. The van der Waals surface area contributed by atoms with Gasteiger partial charge in [0.25, 0.3) is 0 Å². The number of hydrogen-bond acceptors (Lipinski definition) is 7. The van der Waals surface area contributed by atoms with Crippen molar-refractivity contribution in [3.63, 3.8) is 0 Å². The predicted molar refractivity (Wildman–Crippen MR) is 132 cm³/mol. The van der Waals surface area contributed by atoms with Crippen molar-refractivity contribution in [2.24, 2.45) is 0 Å². The molecule has 1 fully saturated rings. The maximum absolute atomic E-state index is 12.5. The summed E-state index contributed by atoms with van der Waals surface area (Å²) in [6.45, 7) is 4.72. The Bertz CT molecular complexity index is 1140. The molecule has 0 bridgehead atoms. The molecule has 8 heteroatoms. The minimum absolute atomic E-state index is 0.0121. The average molecular weight is 444 g/mol. The zero-order chi connectivity index (χ0) is 22.8. The monoisotopic (exact) mass is 443 g/mol. The van der Waals surface area contributed by atoms with Gasteiger partial charge in [-0.3, -0.25) is 4.79 Å². The molecule has 5 rings (SSSR count). The van der Waals surface area contributed by atoms with E-state index in [-0.39, 0.29) is 11.8 Å². The summed E-state index contributed by atoms with van der Waals surface area (Å²) >= 11 is 0. The van der Waals surface area contributed by atoms with Gasteiger partial charge in [-0.05, 0) is 42.9 Å². The minimum Gasteiger partial charge on any atom is -0.369 e. The van der Waals surface area contributed by atoms with Crippen molar-refractivity contribution < 1.29 is 4.79 Å². The number of anilines is 5. The number of hydrogen-bond donors (Lipinski definition) is 2. The molecular weight excluding hydrogens is 414 g/mol. The van der Waals surface area contributed by atoms with E-state index in [1.807, 2.05) is 36.4 Å². The predicted octanol–water partition coefficient (Wildman–Crippen LogP) is 2.95. The van der Waals surface area contributed by atoms with Gasteiger partial charge in [-0.15, -0.1) is 0 Å². The molecule has 2 aromatic carbocycles. The van der Waals surface area contributed by atoms with Crippen molar-refractivity contribution in [2.45, 2.75) is 5.92 Å². The van der Waals surface area contributed by atoms with E-state index in [9.17, 15) is 4.79 Å². The fourth-order valence-corrected chi connectivity index (χ4v) is 4.56. The van der Waals surface area contributed by atoms with Crippen molar-refractivity contribution in [1.82, 2.24) is 20.2 Å². The summed E-state index contributed by atoms with van der Waals surface area (Å²) in [5.74, 6) is 1.08. The molecule has 170 valence electrons. The van der Waals surface area contributed by atoms with Crippen LogP contribution in [0, 0.1) is 0 Å². The first-order chi connectivity index (χ1) is 16.1. The number of para-hydroxylation sites is 1. The second-order valence-electron chi connectivity index (χ2n) is 8.54. The van der Waals surface area contributed by atoms with Gasteiger partial charge in [0, 0.05) is 63.0 Å². The Morgan fingerprint density at radius 2 is 1.85 bits per heavy atom. The average Bonchev–Trinajstić information content (AvgIpc) is 3.24. The van der Waals surface area contributed by atoms with Gasteiger partial charge in [-0.1, -0.05) is 24.3 Å². The first-order valence-electron chi connectivity index (χ1n) is 11.3. The second-order valence-corrected chi connectivity index (χ2v) is 8.54. The highest BCUT2D eigenvalue weighted by atomic mass is 16.1. The smallest absolute Gasteiger partial charge is 0.229 e. The van der Waals surface area contributed by atoms with Crippen LogP contribution in [0.4, 0.5) is 28.8 Å². The number of aromatic nitrogens is 2. The number of carbonyl (C=O) groups excluding carboxylic acids is 1. The van der Waals surface area contributed by atoms with Crippen molar-refractivity contribution in [3.05, 3.63) is 66.4 Å². The highest BCUT2D eigenvalue weighted by molar-refractivity contribution is 5.89. The molecule has 2 N–H and O–H groups in total. The number of nitrogens with zero attached hydrogens (tertiary/aromatic N) is 5. The Morgan fingerprint density at radius 3 is 2.67 bits per heavy atom. The topological polar surface area (TPSA) is 76.6 Å². The molecule has 33 heavy (non-hydrogen) atoms. The molecule has 2 aliphatic heterocycles. The number of fused-ring (bicyclic) bond motifs is 1. The van der Waals surface area contributed by atoms with Crippen molar-refractivity contribution >= 4 is 34.7 Å². The van der Waals surface area contributed by atoms with E-state index < -0.39 is 0 Å². The number of carbonyl (C=O) groups is 1. The zero-order valence-electron chi connectivity index (χ0n) is 19.0. The first kappa shape index (κ1) is 21.2. The van der Waals surface area contributed by atoms with Crippen molar-refractivity contribution in [2.75, 3.05) is 61.9 Å². The van der Waals surface area contributed by atoms with Crippen LogP contribution in [0.2, 0.25) is 0 Å². The number of amides is 1. The van der Waals surface area contributed by atoms with Gasteiger partial charge in [-0.25, -0.2) is 4.98 Å². The third kappa shape index (κ3) is 4.34. The molecular formula is C25H29N7O. The van der Waals surface area contributed by atoms with Gasteiger partial charge in [0.15, 0.2) is 0 Å². The summed E-state index contributed by atoms with van der Waals surface area (Å²) in [5, 5.41) is 6.14. The fourth-order valence-electron chi connectivity index (χ4n) is 4.56. The van der Waals surface area contributed by atoms with Crippen LogP contribution >= 0.6 is 0 Å². The Morgan fingerprint density at radius 1 is 1.03 bits per heavy atom. The number of benzene rings is 2. The molecule has 8 nitrogen and oxygen atoms in total. The Labute approximate surface area is 194 Å². The SMILES string of the molecule is CNC(=O)C1CN(c2ccnc(Nc3cccc(N4CCN(C)CC4)c3)n2)c2ccccc21. The van der Waals surface area contributed by atoms with Gasteiger partial charge in [0.1, 0.15) is 5.82 Å². The lowest BCUT2D eigenvalue weighted by molar-refractivity contribution is -0.121. The molecule has 1 unspecified atom stereocenters. The molecule has 3 heterocycles. The summed E-state index contributed by atoms with van der Waals surface area (Å²) in [5.41, 5.74) is 4.18. The third-order valence-corrected chi connectivity index (χ3v) is 6.42. The normalized spacial score (nSPS) is 18.2. The third-order valence-electron chi connectivity index (χ3n) is 6.42. The lowest BCUT2D eigenvalue weighted by Gasteiger charge is -2.34. The standard InChI is InChI=1S/C25H29N7O/c1-26-24(33)21-17-32(22-9-4-3-8-20(21)22)23-10-11-27-25(29-23)28-18-6-5-7-19(16-18)31-14-12-30(2)13-15-31/h3-11,16,21H,12-15,17H2,1-2H3,(H,26,33)(H,27,28,29). The molecule has 1 saturated heterocycles. The van der Waals surface area contributed by atoms with Crippen molar-refractivity contribution in [3.8, 4) is 0 Å². The van der Waals surface area contributed by atoms with Crippen molar-refractivity contribution in [1.29, 1.82) is 0 Å². The van der Waals surface area contributed by atoms with Crippen LogP contribution in [-0.4, -0.2) is 67.6 Å². The lowest BCUT2D eigenvalue weighted by Crippen LogP contribution is -2.44. The molecule has 0 saturated carbocycles. The Balaban J connectivity index is 1.37. The van der Waals surface area contributed by atoms with E-state index in [1.165, 1.54) is 5.69 Å². The summed E-state index contributed by atoms with van der Waals surface area (Å²) in [7, 11) is 3.84. The minimum atomic E-state index is -0.224. The number of rotatable bonds is 5. The van der Waals surface area contributed by atoms with E-state index in [1.54, 1.807) is 13.2 Å². The van der Waals surface area contributed by atoms with Gasteiger partial charge < -0.3 is 25.3 Å². The highest BCUT2D eigenvalue weighted by Gasteiger charge is 2.34. The fraction of sp³-hybridized carbons (Fsp3) is 0.320. The van der Waals surface area contributed by atoms with Gasteiger partial charge in [-0.2, -0.15) is 4.98 Å². The van der Waals surface area contributed by atoms with E-state index in [0.29, 0.717) is 12.5 Å². The van der Waals surface area contributed by atoms with Gasteiger partial charge >= 0.3 is 0 Å². The summed E-state index contributed by atoms with van der Waals surface area (Å²) < 4.78 is 0. The number of nitrogens with one attached hydrogen (secondary N) is 2. The molecule has 0 radical (unpaired) electrons. The molecule has 2 aliphatic rings. The summed E-state index contributed by atoms with van der Waals surface area (Å²) in [6.07, 6.45) is 1.75. The molecule has 1 atom stereocenters. The quantitative estimate of drug-likeness (QED) is 0.628. The highest BCUT2D eigenvalue weighted by Crippen LogP contribution is 2.40. The second kappa shape index (κ2) is 9.07.